The Morgan fingerprint density at radius 2 is 1.48 bits per heavy atom. The molecule has 1 aromatic heterocycles. The number of fused-ring (bicyclic) bond motifs is 1. The molecule has 0 bridgehead atoms. The van der Waals surface area contributed by atoms with E-state index >= 15 is 0 Å². The molecule has 0 aliphatic carbocycles. The highest BCUT2D eigenvalue weighted by Gasteiger charge is 2.12. The number of rotatable bonds is 4. The third-order valence-electron chi connectivity index (χ3n) is 4.45. The first-order valence-corrected chi connectivity index (χ1v) is 8.73. The van der Waals surface area contributed by atoms with Gasteiger partial charge in [0, 0.05) is 21.9 Å². The Kier molecular flexibility index (Phi) is 4.38. The highest BCUT2D eigenvalue weighted by atomic mass is 16.5. The van der Waals surface area contributed by atoms with Gasteiger partial charge in [-0.05, 0) is 44.2 Å². The molecule has 4 aromatic rings. The van der Waals surface area contributed by atoms with E-state index in [-0.39, 0.29) is 5.78 Å². The molecule has 132 valence electrons. The zero-order valence-electron chi connectivity index (χ0n) is 15.1. The number of aryl methyl sites for hydroxylation is 1. The van der Waals surface area contributed by atoms with Crippen LogP contribution in [0.2, 0.25) is 0 Å². The van der Waals surface area contributed by atoms with E-state index in [2.05, 4.69) is 29.3 Å². The van der Waals surface area contributed by atoms with Crippen molar-refractivity contribution in [1.82, 2.24) is 10.2 Å². The molecule has 0 saturated heterocycles. The van der Waals surface area contributed by atoms with Gasteiger partial charge in [0.25, 0.3) is 0 Å². The van der Waals surface area contributed by atoms with Crippen LogP contribution in [0.25, 0.3) is 22.0 Å². The molecule has 0 aliphatic heterocycles. The van der Waals surface area contributed by atoms with Crippen molar-refractivity contribution >= 4 is 16.6 Å². The minimum atomic E-state index is 0.0224. The normalized spacial score (nSPS) is 10.7. The molecule has 0 aliphatic rings. The lowest BCUT2D eigenvalue weighted by molar-refractivity contribution is 0.101. The van der Waals surface area contributed by atoms with E-state index in [9.17, 15) is 4.79 Å². The SMILES string of the molecule is CC(=O)c1ccc(Oc2nnc(-c3ccc(C)cc3)c3ccccc23)cc1. The van der Waals surface area contributed by atoms with Crippen molar-refractivity contribution < 1.29 is 9.53 Å². The quantitative estimate of drug-likeness (QED) is 0.448. The first-order valence-electron chi connectivity index (χ1n) is 8.73. The number of ether oxygens (including phenoxy) is 1. The van der Waals surface area contributed by atoms with Crippen LogP contribution in [-0.4, -0.2) is 16.0 Å². The molecule has 0 saturated carbocycles. The van der Waals surface area contributed by atoms with Crippen LogP contribution < -0.4 is 4.74 Å². The molecule has 0 amide bonds. The van der Waals surface area contributed by atoms with Crippen molar-refractivity contribution in [3.63, 3.8) is 0 Å². The molecule has 0 fully saturated rings. The Hall–Kier alpha value is -3.53. The summed E-state index contributed by atoms with van der Waals surface area (Å²) in [5.41, 5.74) is 3.68. The first kappa shape index (κ1) is 16.9. The lowest BCUT2D eigenvalue weighted by atomic mass is 10.0. The van der Waals surface area contributed by atoms with Crippen LogP contribution in [0.3, 0.4) is 0 Å². The monoisotopic (exact) mass is 354 g/mol. The van der Waals surface area contributed by atoms with E-state index in [1.54, 1.807) is 31.2 Å². The zero-order chi connectivity index (χ0) is 18.8. The molecule has 0 unspecified atom stereocenters. The lowest BCUT2D eigenvalue weighted by Gasteiger charge is -2.11. The molecule has 4 rings (SSSR count). The van der Waals surface area contributed by atoms with E-state index in [4.69, 9.17) is 4.74 Å². The second-order valence-corrected chi connectivity index (χ2v) is 6.45. The van der Waals surface area contributed by atoms with Gasteiger partial charge in [0.2, 0.25) is 5.88 Å². The molecule has 0 radical (unpaired) electrons. The number of carbonyl (C=O) groups is 1. The van der Waals surface area contributed by atoms with Gasteiger partial charge in [-0.1, -0.05) is 48.0 Å². The molecule has 4 nitrogen and oxygen atoms in total. The van der Waals surface area contributed by atoms with E-state index in [0.717, 1.165) is 22.0 Å². The van der Waals surface area contributed by atoms with E-state index in [1.165, 1.54) is 5.56 Å². The van der Waals surface area contributed by atoms with Gasteiger partial charge in [0.15, 0.2) is 5.78 Å². The smallest absolute Gasteiger partial charge is 0.246 e. The maximum absolute atomic E-state index is 11.4. The average Bonchev–Trinajstić information content (AvgIpc) is 2.69. The number of hydrogen-bond acceptors (Lipinski definition) is 4. The zero-order valence-corrected chi connectivity index (χ0v) is 15.1. The fourth-order valence-corrected chi connectivity index (χ4v) is 2.95. The van der Waals surface area contributed by atoms with Gasteiger partial charge >= 0.3 is 0 Å². The maximum atomic E-state index is 11.4. The molecule has 0 atom stereocenters. The van der Waals surface area contributed by atoms with E-state index in [0.29, 0.717) is 17.2 Å². The maximum Gasteiger partial charge on any atom is 0.246 e. The van der Waals surface area contributed by atoms with Crippen LogP contribution in [0.15, 0.2) is 72.8 Å². The molecular formula is C23H18N2O2. The van der Waals surface area contributed by atoms with Crippen LogP contribution in [-0.2, 0) is 0 Å². The van der Waals surface area contributed by atoms with Crippen molar-refractivity contribution in [2.45, 2.75) is 13.8 Å². The number of benzene rings is 3. The van der Waals surface area contributed by atoms with Crippen molar-refractivity contribution in [2.75, 3.05) is 0 Å². The average molecular weight is 354 g/mol. The third kappa shape index (κ3) is 3.42. The topological polar surface area (TPSA) is 52.1 Å². The summed E-state index contributed by atoms with van der Waals surface area (Å²) in [6, 6.07) is 23.2. The van der Waals surface area contributed by atoms with Crippen LogP contribution in [0.4, 0.5) is 0 Å². The van der Waals surface area contributed by atoms with E-state index < -0.39 is 0 Å². The Labute approximate surface area is 157 Å². The van der Waals surface area contributed by atoms with Gasteiger partial charge in [0.05, 0.1) is 0 Å². The van der Waals surface area contributed by atoms with Crippen molar-refractivity contribution in [2.24, 2.45) is 0 Å². The van der Waals surface area contributed by atoms with Crippen LogP contribution in [0, 0.1) is 6.92 Å². The number of carbonyl (C=O) groups excluding carboxylic acids is 1. The standard InChI is InChI=1S/C23H18N2O2/c1-15-7-9-18(10-8-15)22-20-5-3-4-6-21(20)23(25-24-22)27-19-13-11-17(12-14-19)16(2)26/h3-14H,1-2H3. The third-order valence-corrected chi connectivity index (χ3v) is 4.45. The number of Topliss-reactive ketones (excluding diaryl/α,β-unsaturated/α-hetero) is 1. The first-order chi connectivity index (χ1) is 13.1. The van der Waals surface area contributed by atoms with Crippen molar-refractivity contribution in [3.05, 3.63) is 83.9 Å². The van der Waals surface area contributed by atoms with Gasteiger partial charge in [0.1, 0.15) is 11.4 Å². The largest absolute Gasteiger partial charge is 0.437 e. The Morgan fingerprint density at radius 3 is 2.15 bits per heavy atom. The van der Waals surface area contributed by atoms with Crippen LogP contribution in [0.5, 0.6) is 11.6 Å². The summed E-state index contributed by atoms with van der Waals surface area (Å²) in [4.78, 5) is 11.4. The summed E-state index contributed by atoms with van der Waals surface area (Å²) >= 11 is 0. The Balaban J connectivity index is 1.75. The van der Waals surface area contributed by atoms with E-state index in [1.807, 2.05) is 36.4 Å². The van der Waals surface area contributed by atoms with Gasteiger partial charge in [-0.15, -0.1) is 10.2 Å². The molecule has 4 heteroatoms. The molecule has 1 heterocycles. The highest BCUT2D eigenvalue weighted by Crippen LogP contribution is 2.33. The summed E-state index contributed by atoms with van der Waals surface area (Å²) in [7, 11) is 0. The molecule has 0 N–H and O–H groups in total. The Morgan fingerprint density at radius 1 is 0.815 bits per heavy atom. The summed E-state index contributed by atoms with van der Waals surface area (Å²) in [6.07, 6.45) is 0. The fraction of sp³-hybridized carbons (Fsp3) is 0.0870. The lowest BCUT2D eigenvalue weighted by Crippen LogP contribution is -1.96. The van der Waals surface area contributed by atoms with Gasteiger partial charge in [-0.25, -0.2) is 0 Å². The summed E-state index contributed by atoms with van der Waals surface area (Å²) < 4.78 is 5.95. The molecule has 3 aromatic carbocycles. The Bertz CT molecular complexity index is 1120. The number of ketones is 1. The molecular weight excluding hydrogens is 336 g/mol. The minimum absolute atomic E-state index is 0.0224. The van der Waals surface area contributed by atoms with Gasteiger partial charge in [-0.3, -0.25) is 4.79 Å². The number of nitrogens with zero attached hydrogens (tertiary/aromatic N) is 2. The second-order valence-electron chi connectivity index (χ2n) is 6.45. The predicted molar refractivity (Wildman–Crippen MR) is 106 cm³/mol. The van der Waals surface area contributed by atoms with Gasteiger partial charge < -0.3 is 4.74 Å². The number of aromatic nitrogens is 2. The van der Waals surface area contributed by atoms with Crippen LogP contribution >= 0.6 is 0 Å². The summed E-state index contributed by atoms with van der Waals surface area (Å²) in [5.74, 6) is 1.08. The summed E-state index contributed by atoms with van der Waals surface area (Å²) in [6.45, 7) is 3.60. The second kappa shape index (κ2) is 7.00. The number of hydrogen-bond donors (Lipinski definition) is 0. The predicted octanol–water partition coefficient (Wildman–Crippen LogP) is 5.60. The minimum Gasteiger partial charge on any atom is -0.437 e. The van der Waals surface area contributed by atoms with Crippen molar-refractivity contribution in [3.8, 4) is 22.9 Å². The van der Waals surface area contributed by atoms with Crippen molar-refractivity contribution in [1.29, 1.82) is 0 Å². The molecule has 0 spiro atoms. The van der Waals surface area contributed by atoms with Crippen LogP contribution in [0.1, 0.15) is 22.8 Å². The van der Waals surface area contributed by atoms with Gasteiger partial charge in [-0.2, -0.15) is 0 Å². The highest BCUT2D eigenvalue weighted by molar-refractivity contribution is 5.97. The summed E-state index contributed by atoms with van der Waals surface area (Å²) in [5, 5.41) is 10.6. The fourth-order valence-electron chi connectivity index (χ4n) is 2.95. The molecule has 27 heavy (non-hydrogen) atoms.